The van der Waals surface area contributed by atoms with Crippen LogP contribution in [0.25, 0.3) is 0 Å². The first-order valence-corrected chi connectivity index (χ1v) is 6.74. The Hall–Kier alpha value is -0.0800. The highest BCUT2D eigenvalue weighted by Crippen LogP contribution is 2.38. The Kier molecular flexibility index (Phi) is 2.52. The van der Waals surface area contributed by atoms with Crippen LogP contribution in [0.5, 0.6) is 0 Å². The summed E-state index contributed by atoms with van der Waals surface area (Å²) in [6.07, 6.45) is 8.65. The smallest absolute Gasteiger partial charge is 0.0280 e. The van der Waals surface area contributed by atoms with Gasteiger partial charge < -0.3 is 5.32 Å². The fourth-order valence-electron chi connectivity index (χ4n) is 3.92. The Bertz CT molecular complexity index is 233. The summed E-state index contributed by atoms with van der Waals surface area (Å²) in [5, 5.41) is 3.74. The van der Waals surface area contributed by atoms with E-state index in [4.69, 9.17) is 0 Å². The molecule has 2 bridgehead atoms. The molecule has 1 saturated carbocycles. The van der Waals surface area contributed by atoms with E-state index in [1.807, 2.05) is 0 Å². The van der Waals surface area contributed by atoms with Gasteiger partial charge in [-0.15, -0.1) is 0 Å². The van der Waals surface area contributed by atoms with E-state index in [-0.39, 0.29) is 0 Å². The summed E-state index contributed by atoms with van der Waals surface area (Å²) < 4.78 is 0. The lowest BCUT2D eigenvalue weighted by Gasteiger charge is -2.40. The maximum Gasteiger partial charge on any atom is 0.0280 e. The summed E-state index contributed by atoms with van der Waals surface area (Å²) in [7, 11) is 0. The summed E-state index contributed by atoms with van der Waals surface area (Å²) in [6, 6.07) is 0.940. The molecule has 0 aromatic carbocycles. The van der Waals surface area contributed by atoms with E-state index in [0.717, 1.165) is 12.0 Å². The minimum absolute atomic E-state index is 0.419. The van der Waals surface area contributed by atoms with E-state index in [2.05, 4.69) is 17.1 Å². The Morgan fingerprint density at radius 2 is 2.27 bits per heavy atom. The maximum atomic E-state index is 3.74. The molecule has 2 saturated heterocycles. The number of nitrogens with one attached hydrogen (secondary N) is 1. The minimum atomic E-state index is 0.419. The quantitative estimate of drug-likeness (QED) is 0.747. The maximum absolute atomic E-state index is 3.74. The van der Waals surface area contributed by atoms with Crippen molar-refractivity contribution in [2.45, 2.75) is 57.0 Å². The number of piperidine rings is 2. The molecule has 2 heteroatoms. The largest absolute Gasteiger partial charge is 0.310 e. The molecule has 0 aromatic rings. The third-order valence-electron chi connectivity index (χ3n) is 4.78. The van der Waals surface area contributed by atoms with Crippen molar-refractivity contribution >= 4 is 0 Å². The van der Waals surface area contributed by atoms with Gasteiger partial charge in [0.05, 0.1) is 0 Å². The van der Waals surface area contributed by atoms with Crippen LogP contribution < -0.4 is 5.32 Å². The summed E-state index contributed by atoms with van der Waals surface area (Å²) in [6.45, 7) is 6.35. The third-order valence-corrected chi connectivity index (χ3v) is 4.78. The Labute approximate surface area is 93.4 Å². The van der Waals surface area contributed by atoms with Crippen molar-refractivity contribution in [2.24, 2.45) is 5.92 Å². The van der Waals surface area contributed by atoms with Crippen molar-refractivity contribution < 1.29 is 0 Å². The number of rotatable bonds is 2. The van der Waals surface area contributed by atoms with Crippen molar-refractivity contribution in [3.63, 3.8) is 0 Å². The van der Waals surface area contributed by atoms with E-state index < -0.39 is 0 Å². The molecule has 1 aliphatic carbocycles. The molecule has 3 fully saturated rings. The van der Waals surface area contributed by atoms with Gasteiger partial charge in [-0.3, -0.25) is 4.90 Å². The molecule has 2 heterocycles. The van der Waals surface area contributed by atoms with Gasteiger partial charge in [-0.1, -0.05) is 6.42 Å². The minimum Gasteiger partial charge on any atom is -0.310 e. The second-order valence-corrected chi connectivity index (χ2v) is 6.21. The van der Waals surface area contributed by atoms with Crippen LogP contribution in [-0.4, -0.2) is 36.1 Å². The molecule has 0 spiro atoms. The lowest BCUT2D eigenvalue weighted by molar-refractivity contribution is 0.134. The predicted octanol–water partition coefficient (Wildman–Crippen LogP) is 2.00. The molecule has 3 rings (SSSR count). The standard InChI is InChI=1S/C13H24N2/c1-13(6-2-3-7-14-13)10-15-9-11-4-5-12(15)8-11/h11-12,14H,2-10H2,1H3. The van der Waals surface area contributed by atoms with Gasteiger partial charge in [0.15, 0.2) is 0 Å². The number of nitrogens with zero attached hydrogens (tertiary/aromatic N) is 1. The van der Waals surface area contributed by atoms with Crippen molar-refractivity contribution in [2.75, 3.05) is 19.6 Å². The van der Waals surface area contributed by atoms with Crippen LogP contribution in [0.3, 0.4) is 0 Å². The molecule has 86 valence electrons. The second-order valence-electron chi connectivity index (χ2n) is 6.21. The number of hydrogen-bond acceptors (Lipinski definition) is 2. The SMILES string of the molecule is CC1(CN2CC3CCC2C3)CCCCN1. The van der Waals surface area contributed by atoms with E-state index in [1.165, 1.54) is 58.2 Å². The lowest BCUT2D eigenvalue weighted by atomic mass is 9.90. The number of fused-ring (bicyclic) bond motifs is 2. The Morgan fingerprint density at radius 3 is 2.87 bits per heavy atom. The molecule has 15 heavy (non-hydrogen) atoms. The van der Waals surface area contributed by atoms with Gasteiger partial charge in [0.2, 0.25) is 0 Å². The average Bonchev–Trinajstić information content (AvgIpc) is 2.79. The van der Waals surface area contributed by atoms with Crippen LogP contribution in [0.15, 0.2) is 0 Å². The fourth-order valence-corrected chi connectivity index (χ4v) is 3.92. The van der Waals surface area contributed by atoms with Crippen molar-refractivity contribution in [3.05, 3.63) is 0 Å². The lowest BCUT2D eigenvalue weighted by Crippen LogP contribution is -2.54. The first-order chi connectivity index (χ1) is 7.25. The van der Waals surface area contributed by atoms with Crippen LogP contribution in [-0.2, 0) is 0 Å². The highest BCUT2D eigenvalue weighted by Gasteiger charge is 2.40. The van der Waals surface area contributed by atoms with Crippen molar-refractivity contribution in [1.29, 1.82) is 0 Å². The van der Waals surface area contributed by atoms with E-state index in [9.17, 15) is 0 Å². The Morgan fingerprint density at radius 1 is 1.33 bits per heavy atom. The molecule has 2 aliphatic heterocycles. The molecule has 2 nitrogen and oxygen atoms in total. The summed E-state index contributed by atoms with van der Waals surface area (Å²) in [4.78, 5) is 2.77. The second kappa shape index (κ2) is 3.74. The molecule has 1 N–H and O–H groups in total. The van der Waals surface area contributed by atoms with Gasteiger partial charge in [-0.25, -0.2) is 0 Å². The highest BCUT2D eigenvalue weighted by molar-refractivity contribution is 4.97. The van der Waals surface area contributed by atoms with E-state index >= 15 is 0 Å². The molecule has 3 aliphatic rings. The van der Waals surface area contributed by atoms with Crippen molar-refractivity contribution in [1.82, 2.24) is 10.2 Å². The molecule has 0 radical (unpaired) electrons. The first-order valence-electron chi connectivity index (χ1n) is 6.74. The van der Waals surface area contributed by atoms with Gasteiger partial charge in [0, 0.05) is 24.7 Å². The van der Waals surface area contributed by atoms with Gasteiger partial charge in [-0.05, 0) is 51.5 Å². The molecular weight excluding hydrogens is 184 g/mol. The molecule has 3 unspecified atom stereocenters. The molecule has 0 amide bonds. The number of hydrogen-bond donors (Lipinski definition) is 1. The zero-order valence-electron chi connectivity index (χ0n) is 9.97. The monoisotopic (exact) mass is 208 g/mol. The van der Waals surface area contributed by atoms with E-state index in [1.54, 1.807) is 0 Å². The average molecular weight is 208 g/mol. The van der Waals surface area contributed by atoms with Crippen LogP contribution >= 0.6 is 0 Å². The Balaban J connectivity index is 1.60. The zero-order chi connectivity index (χ0) is 10.3. The van der Waals surface area contributed by atoms with Gasteiger partial charge >= 0.3 is 0 Å². The van der Waals surface area contributed by atoms with Gasteiger partial charge in [-0.2, -0.15) is 0 Å². The third kappa shape index (κ3) is 1.94. The fraction of sp³-hybridized carbons (Fsp3) is 1.00. The normalized spacial score (nSPS) is 46.2. The molecule has 0 aromatic heterocycles. The first kappa shape index (κ1) is 10.1. The summed E-state index contributed by atoms with van der Waals surface area (Å²) in [5.41, 5.74) is 0.419. The van der Waals surface area contributed by atoms with Crippen molar-refractivity contribution in [3.8, 4) is 0 Å². The zero-order valence-corrected chi connectivity index (χ0v) is 9.97. The van der Waals surface area contributed by atoms with Gasteiger partial charge in [0.1, 0.15) is 0 Å². The molecular formula is C13H24N2. The predicted molar refractivity (Wildman–Crippen MR) is 63.0 cm³/mol. The summed E-state index contributed by atoms with van der Waals surface area (Å²) >= 11 is 0. The van der Waals surface area contributed by atoms with E-state index in [0.29, 0.717) is 5.54 Å². The van der Waals surface area contributed by atoms with Crippen LogP contribution in [0.4, 0.5) is 0 Å². The topological polar surface area (TPSA) is 15.3 Å². The van der Waals surface area contributed by atoms with Gasteiger partial charge in [0.25, 0.3) is 0 Å². The van der Waals surface area contributed by atoms with Crippen LogP contribution in [0.2, 0.25) is 0 Å². The molecule has 3 atom stereocenters. The van der Waals surface area contributed by atoms with Crippen LogP contribution in [0, 0.1) is 5.92 Å². The van der Waals surface area contributed by atoms with Crippen LogP contribution in [0.1, 0.15) is 45.4 Å². The number of likely N-dealkylation sites (tertiary alicyclic amines) is 1. The highest BCUT2D eigenvalue weighted by atomic mass is 15.2. The summed E-state index contributed by atoms with van der Waals surface area (Å²) in [5.74, 6) is 1.04.